The molecule has 0 amide bonds. The molecule has 0 radical (unpaired) electrons. The molecule has 0 aliphatic carbocycles. The van der Waals surface area contributed by atoms with E-state index in [1.54, 1.807) is 24.3 Å². The zero-order chi connectivity index (χ0) is 15.7. The summed E-state index contributed by atoms with van der Waals surface area (Å²) >= 11 is 5.74. The van der Waals surface area contributed by atoms with Crippen LogP contribution in [-0.2, 0) is 0 Å². The summed E-state index contributed by atoms with van der Waals surface area (Å²) in [7, 11) is 0. The highest BCUT2D eigenvalue weighted by Gasteiger charge is 2.00. The van der Waals surface area contributed by atoms with Crippen LogP contribution in [0.15, 0.2) is 42.5 Å². The number of hydrogen-bond donors (Lipinski definition) is 2. The van der Waals surface area contributed by atoms with Crippen LogP contribution >= 0.6 is 11.6 Å². The van der Waals surface area contributed by atoms with Gasteiger partial charge in [0, 0.05) is 12.1 Å². The number of rotatable bonds is 4. The Hall–Kier alpha value is -2.07. The largest absolute Gasteiger partial charge is 0.508 e. The lowest BCUT2D eigenvalue weighted by molar-refractivity contribution is 0.337. The van der Waals surface area contributed by atoms with Crippen molar-refractivity contribution in [2.45, 2.75) is 13.8 Å². The number of hydrogen-bond acceptors (Lipinski definition) is 4. The van der Waals surface area contributed by atoms with Gasteiger partial charge in [-0.05, 0) is 38.1 Å². The van der Waals surface area contributed by atoms with E-state index in [0.29, 0.717) is 29.7 Å². The van der Waals surface area contributed by atoms with Crippen molar-refractivity contribution in [2.24, 2.45) is 0 Å². The van der Waals surface area contributed by atoms with E-state index in [9.17, 15) is 0 Å². The molecular weight excluding hydrogens is 292 g/mol. The zero-order valence-electron chi connectivity index (χ0n) is 12.0. The van der Waals surface area contributed by atoms with Gasteiger partial charge in [-0.1, -0.05) is 17.7 Å². The third kappa shape index (κ3) is 6.27. The summed E-state index contributed by atoms with van der Waals surface area (Å²) in [6.07, 6.45) is 0. The van der Waals surface area contributed by atoms with E-state index >= 15 is 0 Å². The predicted octanol–water partition coefficient (Wildman–Crippen LogP) is 4.24. The van der Waals surface area contributed by atoms with Gasteiger partial charge in [0.25, 0.3) is 0 Å². The highest BCUT2D eigenvalue weighted by Crippen LogP contribution is 2.27. The molecule has 2 N–H and O–H groups in total. The van der Waals surface area contributed by atoms with Crippen molar-refractivity contribution >= 4 is 11.6 Å². The maximum Gasteiger partial charge on any atom is 0.141 e. The summed E-state index contributed by atoms with van der Waals surface area (Å²) in [5.74, 6) is 1.64. The van der Waals surface area contributed by atoms with Gasteiger partial charge in [-0.3, -0.25) is 0 Å². The topological polar surface area (TPSA) is 58.9 Å². The number of phenols is 2. The predicted molar refractivity (Wildman–Crippen MR) is 83.6 cm³/mol. The second-order valence-corrected chi connectivity index (χ2v) is 4.39. The van der Waals surface area contributed by atoms with E-state index in [2.05, 4.69) is 0 Å². The maximum atomic E-state index is 9.03. The molecule has 2 rings (SSSR count). The monoisotopic (exact) mass is 310 g/mol. The van der Waals surface area contributed by atoms with E-state index in [0.717, 1.165) is 0 Å². The average Bonchev–Trinajstić information content (AvgIpc) is 2.44. The number of halogens is 1. The first-order valence-corrected chi connectivity index (χ1v) is 6.97. The van der Waals surface area contributed by atoms with Crippen molar-refractivity contribution in [1.82, 2.24) is 0 Å². The fourth-order valence-corrected chi connectivity index (χ4v) is 1.67. The lowest BCUT2D eigenvalue weighted by Gasteiger charge is -2.04. The van der Waals surface area contributed by atoms with Crippen LogP contribution in [0.5, 0.6) is 23.0 Å². The average molecular weight is 311 g/mol. The quantitative estimate of drug-likeness (QED) is 0.887. The molecule has 0 aliphatic rings. The zero-order valence-corrected chi connectivity index (χ0v) is 12.8. The van der Waals surface area contributed by atoms with E-state index in [1.807, 2.05) is 19.9 Å². The van der Waals surface area contributed by atoms with E-state index in [1.165, 1.54) is 12.1 Å². The highest BCUT2D eigenvalue weighted by molar-refractivity contribution is 6.32. The third-order valence-corrected chi connectivity index (χ3v) is 2.66. The normalized spacial score (nSPS) is 9.48. The van der Waals surface area contributed by atoms with Crippen molar-refractivity contribution < 1.29 is 19.7 Å². The Morgan fingerprint density at radius 2 is 1.57 bits per heavy atom. The Morgan fingerprint density at radius 3 is 2.19 bits per heavy atom. The van der Waals surface area contributed by atoms with Gasteiger partial charge in [0.15, 0.2) is 0 Å². The smallest absolute Gasteiger partial charge is 0.141 e. The van der Waals surface area contributed by atoms with Gasteiger partial charge in [-0.25, -0.2) is 0 Å². The van der Waals surface area contributed by atoms with Gasteiger partial charge in [0.2, 0.25) is 0 Å². The summed E-state index contributed by atoms with van der Waals surface area (Å²) < 4.78 is 10.3. The number of phenolic OH excluding ortho intramolecular Hbond substituents is 2. The standard InChI is InChI=1S/C8H9ClO2.C8H10O2/c1-2-11-8-5-6(10)3-4-7(8)9;1-2-10-8-5-3-4-7(9)6-8/h3-5,10H,2H2,1H3;3-6,9H,2H2,1H3. The Morgan fingerprint density at radius 1 is 0.905 bits per heavy atom. The van der Waals surface area contributed by atoms with Crippen LogP contribution in [0.3, 0.4) is 0 Å². The lowest BCUT2D eigenvalue weighted by atomic mass is 10.3. The van der Waals surface area contributed by atoms with Gasteiger partial charge < -0.3 is 19.7 Å². The van der Waals surface area contributed by atoms with Crippen LogP contribution in [0.25, 0.3) is 0 Å². The first-order chi connectivity index (χ1) is 10.1. The van der Waals surface area contributed by atoms with Gasteiger partial charge in [0.1, 0.15) is 23.0 Å². The Kier molecular flexibility index (Phi) is 7.26. The van der Waals surface area contributed by atoms with E-state index in [4.69, 9.17) is 31.3 Å². The van der Waals surface area contributed by atoms with Crippen LogP contribution in [-0.4, -0.2) is 23.4 Å². The summed E-state index contributed by atoms with van der Waals surface area (Å²) in [5.41, 5.74) is 0. The maximum absolute atomic E-state index is 9.03. The van der Waals surface area contributed by atoms with Crippen molar-refractivity contribution in [1.29, 1.82) is 0 Å². The summed E-state index contributed by atoms with van der Waals surface area (Å²) in [6.45, 7) is 4.94. The number of aromatic hydroxyl groups is 2. The molecule has 21 heavy (non-hydrogen) atoms. The minimum absolute atomic E-state index is 0.165. The molecule has 0 aliphatic heterocycles. The van der Waals surface area contributed by atoms with Gasteiger partial charge in [-0.2, -0.15) is 0 Å². The van der Waals surface area contributed by atoms with Crippen LogP contribution < -0.4 is 9.47 Å². The molecule has 0 spiro atoms. The van der Waals surface area contributed by atoms with E-state index < -0.39 is 0 Å². The fourth-order valence-electron chi connectivity index (χ4n) is 1.50. The summed E-state index contributed by atoms with van der Waals surface area (Å²) in [5, 5.41) is 18.5. The molecule has 0 unspecified atom stereocenters. The molecule has 0 bridgehead atoms. The molecule has 114 valence electrons. The van der Waals surface area contributed by atoms with Crippen molar-refractivity contribution in [3.63, 3.8) is 0 Å². The Labute approximate surface area is 129 Å². The molecule has 4 nitrogen and oxygen atoms in total. The van der Waals surface area contributed by atoms with Crippen LogP contribution in [0.2, 0.25) is 5.02 Å². The molecule has 0 fully saturated rings. The molecular formula is C16H19ClO4. The van der Waals surface area contributed by atoms with Crippen molar-refractivity contribution in [2.75, 3.05) is 13.2 Å². The SMILES string of the molecule is CCOc1cc(O)ccc1Cl.CCOc1cccc(O)c1. The highest BCUT2D eigenvalue weighted by atomic mass is 35.5. The molecule has 0 saturated carbocycles. The van der Waals surface area contributed by atoms with Crippen LogP contribution in [0, 0.1) is 0 Å². The lowest BCUT2D eigenvalue weighted by Crippen LogP contribution is -1.91. The first kappa shape index (κ1) is 17.0. The number of benzene rings is 2. The van der Waals surface area contributed by atoms with Crippen LogP contribution in [0.4, 0.5) is 0 Å². The van der Waals surface area contributed by atoms with Gasteiger partial charge in [0.05, 0.1) is 18.2 Å². The first-order valence-electron chi connectivity index (χ1n) is 6.60. The molecule has 0 atom stereocenters. The van der Waals surface area contributed by atoms with Crippen molar-refractivity contribution in [3.05, 3.63) is 47.5 Å². The molecule has 0 aromatic heterocycles. The molecule has 2 aromatic rings. The second kappa shape index (κ2) is 8.97. The van der Waals surface area contributed by atoms with Crippen LogP contribution in [0.1, 0.15) is 13.8 Å². The van der Waals surface area contributed by atoms with Crippen molar-refractivity contribution in [3.8, 4) is 23.0 Å². The second-order valence-electron chi connectivity index (χ2n) is 3.98. The Bertz CT molecular complexity index is 558. The third-order valence-electron chi connectivity index (χ3n) is 2.34. The summed E-state index contributed by atoms with van der Waals surface area (Å²) in [6, 6.07) is 11.4. The fraction of sp³-hybridized carbons (Fsp3) is 0.250. The van der Waals surface area contributed by atoms with E-state index in [-0.39, 0.29) is 11.5 Å². The molecule has 5 heteroatoms. The molecule has 0 heterocycles. The minimum atomic E-state index is 0.165. The molecule has 0 saturated heterocycles. The summed E-state index contributed by atoms with van der Waals surface area (Å²) in [4.78, 5) is 0. The number of ether oxygens (including phenoxy) is 2. The Balaban J connectivity index is 0.000000211. The molecule has 2 aromatic carbocycles. The van der Waals surface area contributed by atoms with Gasteiger partial charge >= 0.3 is 0 Å². The van der Waals surface area contributed by atoms with Gasteiger partial charge in [-0.15, -0.1) is 0 Å². The minimum Gasteiger partial charge on any atom is -0.508 e.